The molecule has 0 amide bonds. The van der Waals surface area contributed by atoms with E-state index >= 15 is 0 Å². The van der Waals surface area contributed by atoms with E-state index in [0.29, 0.717) is 46.6 Å². The topological polar surface area (TPSA) is 108 Å². The van der Waals surface area contributed by atoms with Crippen molar-refractivity contribution in [2.24, 2.45) is 0 Å². The molecule has 0 bridgehead atoms. The van der Waals surface area contributed by atoms with Crippen LogP contribution in [0.3, 0.4) is 0 Å². The molecular weight excluding hydrogens is 392 g/mol. The van der Waals surface area contributed by atoms with E-state index in [1.807, 2.05) is 42.5 Å². The Balaban J connectivity index is 1.52. The summed E-state index contributed by atoms with van der Waals surface area (Å²) in [5.41, 5.74) is 2.81. The molecule has 1 aliphatic carbocycles. The van der Waals surface area contributed by atoms with Crippen LogP contribution in [0.15, 0.2) is 65.6 Å². The minimum atomic E-state index is -0.337. The quantitative estimate of drug-likeness (QED) is 0.473. The molecule has 31 heavy (non-hydrogen) atoms. The number of hydrogen-bond acceptors (Lipinski definition) is 6. The van der Waals surface area contributed by atoms with Crippen LogP contribution >= 0.6 is 0 Å². The Morgan fingerprint density at radius 2 is 1.81 bits per heavy atom. The number of benzene rings is 2. The molecule has 0 saturated carbocycles. The van der Waals surface area contributed by atoms with E-state index in [1.54, 1.807) is 12.1 Å². The zero-order chi connectivity index (χ0) is 21.4. The van der Waals surface area contributed by atoms with Crippen LogP contribution in [-0.4, -0.2) is 25.8 Å². The van der Waals surface area contributed by atoms with Crippen LogP contribution in [0, 0.1) is 0 Å². The van der Waals surface area contributed by atoms with Crippen molar-refractivity contribution in [1.29, 1.82) is 0 Å². The third-order valence-corrected chi connectivity index (χ3v) is 5.71. The number of para-hydroxylation sites is 1. The zero-order valence-corrected chi connectivity index (χ0v) is 16.6. The van der Waals surface area contributed by atoms with Gasteiger partial charge in [0.05, 0.1) is 5.39 Å². The van der Waals surface area contributed by atoms with Gasteiger partial charge in [0.2, 0.25) is 5.95 Å². The molecule has 0 aliphatic heterocycles. The van der Waals surface area contributed by atoms with Crippen molar-refractivity contribution in [2.75, 3.05) is 5.32 Å². The molecular formula is C24H20N4O3. The molecule has 0 unspecified atom stereocenters. The summed E-state index contributed by atoms with van der Waals surface area (Å²) in [6.07, 6.45) is 2.23. The van der Waals surface area contributed by atoms with Gasteiger partial charge in [0, 0.05) is 24.7 Å². The van der Waals surface area contributed by atoms with E-state index < -0.39 is 0 Å². The molecule has 7 heteroatoms. The Morgan fingerprint density at radius 3 is 2.61 bits per heavy atom. The summed E-state index contributed by atoms with van der Waals surface area (Å²) in [5, 5.41) is 13.7. The number of aromatic hydroxyl groups is 1. The second kappa shape index (κ2) is 7.68. The molecule has 0 spiro atoms. The lowest BCUT2D eigenvalue weighted by Crippen LogP contribution is -2.23. The summed E-state index contributed by atoms with van der Waals surface area (Å²) in [7, 11) is 0. The van der Waals surface area contributed by atoms with Gasteiger partial charge < -0.3 is 10.4 Å². The molecule has 3 N–H and O–H groups in total. The fraction of sp³-hybridized carbons (Fsp3) is 0.167. The van der Waals surface area contributed by atoms with Gasteiger partial charge in [0.15, 0.2) is 11.4 Å². The molecule has 0 fully saturated rings. The summed E-state index contributed by atoms with van der Waals surface area (Å²) in [4.78, 5) is 37.3. The van der Waals surface area contributed by atoms with Crippen molar-refractivity contribution in [3.8, 4) is 5.75 Å². The largest absolute Gasteiger partial charge is 0.508 e. The highest BCUT2D eigenvalue weighted by molar-refractivity contribution is 6.02. The van der Waals surface area contributed by atoms with E-state index in [9.17, 15) is 14.7 Å². The molecule has 2 aromatic carbocycles. The van der Waals surface area contributed by atoms with E-state index in [2.05, 4.69) is 20.3 Å². The minimum absolute atomic E-state index is 0.0883. The number of carbonyl (C=O) groups is 1. The molecule has 2 heterocycles. The van der Waals surface area contributed by atoms with Crippen molar-refractivity contribution in [3.05, 3.63) is 93.4 Å². The van der Waals surface area contributed by atoms with Gasteiger partial charge in [0.25, 0.3) is 5.56 Å². The number of hydrogen-bond donors (Lipinski definition) is 3. The Bertz CT molecular complexity index is 1350. The van der Waals surface area contributed by atoms with Gasteiger partial charge in [0.1, 0.15) is 5.75 Å². The number of aromatic nitrogens is 3. The third-order valence-electron chi connectivity index (χ3n) is 5.71. The Morgan fingerprint density at radius 1 is 1.03 bits per heavy atom. The number of nitrogens with zero attached hydrogens (tertiary/aromatic N) is 2. The molecule has 7 nitrogen and oxygen atoms in total. The highest BCUT2D eigenvalue weighted by Crippen LogP contribution is 2.37. The predicted octanol–water partition coefficient (Wildman–Crippen LogP) is 3.55. The Kier molecular flexibility index (Phi) is 4.71. The summed E-state index contributed by atoms with van der Waals surface area (Å²) >= 11 is 0. The molecule has 1 aliphatic rings. The SMILES string of the molecule is O=C1C[C@H](c2ccccc2O)Cc2c1cnc1nc(NCc3ccccc3)[nH]c(=O)c21. The van der Waals surface area contributed by atoms with Crippen LogP contribution in [0.2, 0.25) is 0 Å². The highest BCUT2D eigenvalue weighted by atomic mass is 16.3. The number of fused-ring (bicyclic) bond motifs is 3. The van der Waals surface area contributed by atoms with Gasteiger partial charge in [-0.2, -0.15) is 4.98 Å². The average Bonchev–Trinajstić information content (AvgIpc) is 2.78. The normalized spacial score (nSPS) is 15.6. The van der Waals surface area contributed by atoms with Crippen molar-refractivity contribution >= 4 is 22.8 Å². The standard InChI is InChI=1S/C24H20N4O3/c29-19-9-5-4-8-16(19)15-10-17-18(20(30)11-15)13-25-22-21(17)23(31)28-24(27-22)26-12-14-6-2-1-3-7-14/h1-9,13,15,29H,10-12H2,(H2,25,26,27,28,31)/t15-/m1/s1. The van der Waals surface area contributed by atoms with Crippen LogP contribution in [0.5, 0.6) is 5.75 Å². The number of nitrogens with one attached hydrogen (secondary N) is 2. The summed E-state index contributed by atoms with van der Waals surface area (Å²) < 4.78 is 0. The van der Waals surface area contributed by atoms with Crippen molar-refractivity contribution < 1.29 is 9.90 Å². The van der Waals surface area contributed by atoms with Crippen LogP contribution in [0.4, 0.5) is 5.95 Å². The number of H-pyrrole nitrogens is 1. The lowest BCUT2D eigenvalue weighted by molar-refractivity contribution is 0.0964. The smallest absolute Gasteiger partial charge is 0.262 e. The van der Waals surface area contributed by atoms with Gasteiger partial charge in [-0.05, 0) is 35.1 Å². The average molecular weight is 412 g/mol. The molecule has 4 aromatic rings. The molecule has 2 aromatic heterocycles. The monoisotopic (exact) mass is 412 g/mol. The number of pyridine rings is 1. The van der Waals surface area contributed by atoms with Crippen molar-refractivity contribution in [1.82, 2.24) is 15.0 Å². The van der Waals surface area contributed by atoms with Gasteiger partial charge in [-0.1, -0.05) is 48.5 Å². The third kappa shape index (κ3) is 3.54. The number of Topliss-reactive ketones (excluding diaryl/α,β-unsaturated/α-hetero) is 1. The van der Waals surface area contributed by atoms with Crippen molar-refractivity contribution in [2.45, 2.75) is 25.3 Å². The lowest BCUT2D eigenvalue weighted by atomic mass is 9.79. The van der Waals surface area contributed by atoms with Crippen LogP contribution < -0.4 is 10.9 Å². The molecule has 5 rings (SSSR count). The number of ketones is 1. The molecule has 1 atom stereocenters. The van der Waals surface area contributed by atoms with Gasteiger partial charge in [-0.15, -0.1) is 0 Å². The fourth-order valence-corrected chi connectivity index (χ4v) is 4.19. The number of carbonyl (C=O) groups excluding carboxylic acids is 1. The van der Waals surface area contributed by atoms with Crippen LogP contribution in [0.1, 0.15) is 39.4 Å². The number of phenols is 1. The summed E-state index contributed by atoms with van der Waals surface area (Å²) in [5.74, 6) is 0.186. The highest BCUT2D eigenvalue weighted by Gasteiger charge is 2.30. The van der Waals surface area contributed by atoms with Crippen LogP contribution in [-0.2, 0) is 13.0 Å². The van der Waals surface area contributed by atoms with Gasteiger partial charge in [-0.3, -0.25) is 14.6 Å². The Labute approximate surface area is 177 Å². The summed E-state index contributed by atoms with van der Waals surface area (Å²) in [6.45, 7) is 0.508. The minimum Gasteiger partial charge on any atom is -0.508 e. The maximum Gasteiger partial charge on any atom is 0.262 e. The number of anilines is 1. The van der Waals surface area contributed by atoms with Crippen molar-refractivity contribution in [3.63, 3.8) is 0 Å². The molecule has 0 radical (unpaired) electrons. The van der Waals surface area contributed by atoms with Crippen LogP contribution in [0.25, 0.3) is 11.0 Å². The number of rotatable bonds is 4. The Hall–Kier alpha value is -4.00. The first-order valence-corrected chi connectivity index (χ1v) is 10.1. The van der Waals surface area contributed by atoms with Gasteiger partial charge >= 0.3 is 0 Å². The number of phenolic OH excluding ortho intramolecular Hbond substituents is 1. The first-order valence-electron chi connectivity index (χ1n) is 10.1. The molecule has 0 saturated heterocycles. The zero-order valence-electron chi connectivity index (χ0n) is 16.6. The molecule has 154 valence electrons. The summed E-state index contributed by atoms with van der Waals surface area (Å²) in [6, 6.07) is 16.8. The van der Waals surface area contributed by atoms with E-state index in [1.165, 1.54) is 6.20 Å². The van der Waals surface area contributed by atoms with E-state index in [0.717, 1.165) is 5.56 Å². The van der Waals surface area contributed by atoms with E-state index in [4.69, 9.17) is 0 Å². The fourth-order valence-electron chi connectivity index (χ4n) is 4.19. The second-order valence-corrected chi connectivity index (χ2v) is 7.69. The second-order valence-electron chi connectivity index (χ2n) is 7.69. The first kappa shape index (κ1) is 19.0. The maximum atomic E-state index is 13.0. The maximum absolute atomic E-state index is 13.0. The first-order chi connectivity index (χ1) is 15.1. The predicted molar refractivity (Wildman–Crippen MR) is 117 cm³/mol. The lowest BCUT2D eigenvalue weighted by Gasteiger charge is -2.25. The van der Waals surface area contributed by atoms with Gasteiger partial charge in [-0.25, -0.2) is 4.98 Å². The van der Waals surface area contributed by atoms with E-state index in [-0.39, 0.29) is 29.4 Å². The number of aromatic amines is 1.